The number of nitrogens with two attached hydrogens (primary N) is 2. The van der Waals surface area contributed by atoms with Gasteiger partial charge in [-0.25, -0.2) is 4.99 Å². The summed E-state index contributed by atoms with van der Waals surface area (Å²) in [6, 6.07) is 3.83. The molecule has 0 saturated carbocycles. The first-order valence-corrected chi connectivity index (χ1v) is 13.5. The summed E-state index contributed by atoms with van der Waals surface area (Å²) >= 11 is 6.12. The van der Waals surface area contributed by atoms with Crippen molar-refractivity contribution in [3.8, 4) is 5.75 Å². The Kier molecular flexibility index (Phi) is 12.0. The summed E-state index contributed by atoms with van der Waals surface area (Å²) in [5, 5.41) is 16.3. The number of amidine groups is 1. The molecule has 15 heteroatoms. The first-order valence-electron chi connectivity index (χ1n) is 13.1. The Bertz CT molecular complexity index is 1320. The zero-order chi connectivity index (χ0) is 30.6. The highest BCUT2D eigenvalue weighted by Gasteiger charge is 2.23. The van der Waals surface area contributed by atoms with Gasteiger partial charge in [0, 0.05) is 55.8 Å². The number of hydrogen-bond donors (Lipinski definition) is 6. The van der Waals surface area contributed by atoms with E-state index < -0.39 is 18.4 Å². The number of piperidine rings is 1. The fourth-order valence-corrected chi connectivity index (χ4v) is 4.44. The summed E-state index contributed by atoms with van der Waals surface area (Å²) < 4.78 is 30.9. The van der Waals surface area contributed by atoms with Crippen LogP contribution in [0.4, 0.5) is 8.78 Å². The van der Waals surface area contributed by atoms with E-state index in [0.29, 0.717) is 6.54 Å². The molecule has 0 aromatic heterocycles. The van der Waals surface area contributed by atoms with Gasteiger partial charge in [0.1, 0.15) is 23.0 Å². The summed E-state index contributed by atoms with van der Waals surface area (Å²) in [6.45, 7) is 1.35. The maximum absolute atomic E-state index is 13.3. The smallest absolute Gasteiger partial charge is 0.387 e. The van der Waals surface area contributed by atoms with Gasteiger partial charge in [0.2, 0.25) is 5.91 Å². The SMILES string of the molecule is CC(=O)NCCCN1CCC(N=CC(NC(=O)/C(C(=N)N)=C2\N=CC=CN2)=C(N)c2cc(Cl)ccc2OC(F)F)CC1. The molecule has 1 saturated heterocycles. The van der Waals surface area contributed by atoms with E-state index in [0.717, 1.165) is 38.9 Å². The lowest BCUT2D eigenvalue weighted by atomic mass is 10.1. The molecule has 42 heavy (non-hydrogen) atoms. The fourth-order valence-electron chi connectivity index (χ4n) is 4.27. The van der Waals surface area contributed by atoms with E-state index in [1.807, 2.05) is 0 Å². The van der Waals surface area contributed by atoms with E-state index in [2.05, 4.69) is 35.6 Å². The lowest BCUT2D eigenvalue weighted by Gasteiger charge is -2.30. The predicted octanol–water partition coefficient (Wildman–Crippen LogP) is 2.08. The van der Waals surface area contributed by atoms with Crippen molar-refractivity contribution in [2.45, 2.75) is 38.8 Å². The third-order valence-corrected chi connectivity index (χ3v) is 6.56. The van der Waals surface area contributed by atoms with Crippen LogP contribution >= 0.6 is 11.6 Å². The molecule has 0 aliphatic carbocycles. The molecule has 0 bridgehead atoms. The van der Waals surface area contributed by atoms with Crippen LogP contribution in [0.1, 0.15) is 31.7 Å². The molecule has 0 unspecified atom stereocenters. The van der Waals surface area contributed by atoms with E-state index in [9.17, 15) is 18.4 Å². The molecule has 0 spiro atoms. The molecule has 2 aliphatic heterocycles. The van der Waals surface area contributed by atoms with Gasteiger partial charge < -0.3 is 37.1 Å². The van der Waals surface area contributed by atoms with Crippen LogP contribution in [-0.4, -0.2) is 73.8 Å². The van der Waals surface area contributed by atoms with Gasteiger partial charge in [-0.15, -0.1) is 0 Å². The van der Waals surface area contributed by atoms with Crippen LogP contribution in [0.5, 0.6) is 5.75 Å². The van der Waals surface area contributed by atoms with Crippen LogP contribution in [0.15, 0.2) is 57.6 Å². The zero-order valence-corrected chi connectivity index (χ0v) is 23.8. The maximum atomic E-state index is 13.3. The number of carbonyl (C=O) groups is 2. The molecule has 8 N–H and O–H groups in total. The van der Waals surface area contributed by atoms with Crippen LogP contribution in [0.2, 0.25) is 5.02 Å². The first kappa shape index (κ1) is 32.2. The molecule has 1 aromatic carbocycles. The lowest BCUT2D eigenvalue weighted by Crippen LogP contribution is -2.37. The standard InChI is InChI=1S/C27H34ClF2N9O3/c1-16(40)34-10-3-11-39-12-6-18(7-13-39)37-15-20(23(31)19-14-17(28)4-5-21(19)42-27(29)30)38-26(41)22(24(32)33)25-35-8-2-9-36-25/h2,4-5,8-9,14-15,18,27,35H,3,6-7,10-13,31H2,1H3,(H3,32,33)(H,34,40)(H,38,41)/b23-20?,25-22-,37-15?. The summed E-state index contributed by atoms with van der Waals surface area (Å²) in [5.74, 6) is -1.67. The minimum absolute atomic E-state index is 0.00677. The Hall–Kier alpha value is -4.30. The largest absolute Gasteiger partial charge is 0.434 e. The number of halogens is 3. The molecule has 0 atom stereocenters. The van der Waals surface area contributed by atoms with Crippen molar-refractivity contribution in [1.82, 2.24) is 20.9 Å². The van der Waals surface area contributed by atoms with Crippen LogP contribution in [-0.2, 0) is 9.59 Å². The van der Waals surface area contributed by atoms with E-state index in [4.69, 9.17) is 28.5 Å². The van der Waals surface area contributed by atoms with Crippen molar-refractivity contribution in [2.75, 3.05) is 26.2 Å². The van der Waals surface area contributed by atoms with Gasteiger partial charge in [-0.2, -0.15) is 8.78 Å². The average molecular weight is 606 g/mol. The molecular formula is C27H34ClF2N9O3. The van der Waals surface area contributed by atoms with Crippen molar-refractivity contribution in [3.63, 3.8) is 0 Å². The second-order valence-corrected chi connectivity index (χ2v) is 9.84. The number of nitrogens with zero attached hydrogens (tertiary/aromatic N) is 3. The van der Waals surface area contributed by atoms with Crippen molar-refractivity contribution < 1.29 is 23.1 Å². The molecule has 2 aliphatic rings. The molecule has 3 rings (SSSR count). The number of amides is 2. The number of allylic oxidation sites excluding steroid dienone is 2. The number of benzene rings is 1. The fraction of sp³-hybridized carbons (Fsp3) is 0.370. The zero-order valence-electron chi connectivity index (χ0n) is 23.0. The van der Waals surface area contributed by atoms with E-state index in [-0.39, 0.29) is 51.1 Å². The first-order chi connectivity index (χ1) is 20.0. The Balaban J connectivity index is 1.87. The molecule has 2 amide bonds. The number of ether oxygens (including phenoxy) is 1. The Morgan fingerprint density at radius 3 is 2.69 bits per heavy atom. The number of nitrogens with one attached hydrogen (secondary N) is 4. The monoisotopic (exact) mass is 605 g/mol. The minimum atomic E-state index is -3.13. The number of carbonyl (C=O) groups excluding carboxylic acids is 2. The highest BCUT2D eigenvalue weighted by Crippen LogP contribution is 2.29. The predicted molar refractivity (Wildman–Crippen MR) is 158 cm³/mol. The van der Waals surface area contributed by atoms with Gasteiger partial charge in [-0.05, 0) is 50.1 Å². The van der Waals surface area contributed by atoms with Gasteiger partial charge in [0.25, 0.3) is 5.91 Å². The number of aliphatic imine (C=N–C) groups is 2. The Labute approximate surface area is 247 Å². The van der Waals surface area contributed by atoms with Gasteiger partial charge in [0.05, 0.1) is 17.4 Å². The minimum Gasteiger partial charge on any atom is -0.434 e. The molecule has 12 nitrogen and oxygen atoms in total. The maximum Gasteiger partial charge on any atom is 0.387 e. The lowest BCUT2D eigenvalue weighted by molar-refractivity contribution is -0.119. The Morgan fingerprint density at radius 2 is 2.07 bits per heavy atom. The second-order valence-electron chi connectivity index (χ2n) is 9.41. The second kappa shape index (κ2) is 15.6. The topological polar surface area (TPSA) is 183 Å². The Morgan fingerprint density at radius 1 is 1.33 bits per heavy atom. The van der Waals surface area contributed by atoms with Gasteiger partial charge in [-0.1, -0.05) is 11.6 Å². The molecule has 1 fully saturated rings. The number of likely N-dealkylation sites (tertiary alicyclic amines) is 1. The van der Waals surface area contributed by atoms with E-state index in [1.54, 1.807) is 6.08 Å². The number of hydrogen-bond acceptors (Lipinski definition) is 9. The molecule has 1 aromatic rings. The van der Waals surface area contributed by atoms with Crippen molar-refractivity contribution >= 4 is 47.4 Å². The summed E-state index contributed by atoms with van der Waals surface area (Å²) in [7, 11) is 0. The summed E-state index contributed by atoms with van der Waals surface area (Å²) in [5.41, 5.74) is 11.7. The van der Waals surface area contributed by atoms with Crippen LogP contribution < -0.4 is 32.2 Å². The molecule has 2 heterocycles. The van der Waals surface area contributed by atoms with Crippen molar-refractivity contribution in [1.29, 1.82) is 5.41 Å². The summed E-state index contributed by atoms with van der Waals surface area (Å²) in [6.07, 6.45) is 8.15. The van der Waals surface area contributed by atoms with Crippen LogP contribution in [0.3, 0.4) is 0 Å². The van der Waals surface area contributed by atoms with Gasteiger partial charge in [0.15, 0.2) is 0 Å². The van der Waals surface area contributed by atoms with E-state index in [1.165, 1.54) is 43.8 Å². The third kappa shape index (κ3) is 9.66. The number of alkyl halides is 2. The quantitative estimate of drug-likeness (QED) is 0.0912. The molecule has 0 radical (unpaired) electrons. The van der Waals surface area contributed by atoms with Gasteiger partial charge >= 0.3 is 6.61 Å². The van der Waals surface area contributed by atoms with Crippen LogP contribution in [0.25, 0.3) is 5.70 Å². The van der Waals surface area contributed by atoms with Crippen LogP contribution in [0, 0.1) is 5.41 Å². The third-order valence-electron chi connectivity index (χ3n) is 6.32. The van der Waals surface area contributed by atoms with Crippen molar-refractivity contribution in [3.05, 3.63) is 58.2 Å². The molecular weight excluding hydrogens is 572 g/mol. The average Bonchev–Trinajstić information content (AvgIpc) is 2.94. The van der Waals surface area contributed by atoms with E-state index >= 15 is 0 Å². The summed E-state index contributed by atoms with van der Waals surface area (Å²) in [4.78, 5) is 35.3. The van der Waals surface area contributed by atoms with Crippen molar-refractivity contribution in [2.24, 2.45) is 21.5 Å². The normalized spacial score (nSPS) is 17.5. The molecule has 226 valence electrons. The number of rotatable bonds is 12. The van der Waals surface area contributed by atoms with Gasteiger partial charge in [-0.3, -0.25) is 20.0 Å². The highest BCUT2D eigenvalue weighted by molar-refractivity contribution is 6.30. The highest BCUT2D eigenvalue weighted by atomic mass is 35.5.